The van der Waals surface area contributed by atoms with Gasteiger partial charge in [-0.2, -0.15) is 0 Å². The fourth-order valence-corrected chi connectivity index (χ4v) is 3.21. The summed E-state index contributed by atoms with van der Waals surface area (Å²) >= 11 is 0. The van der Waals surface area contributed by atoms with Crippen LogP contribution in [0.3, 0.4) is 0 Å². The molecule has 1 aromatic heterocycles. The van der Waals surface area contributed by atoms with Crippen LogP contribution in [-0.2, 0) is 0 Å². The highest BCUT2D eigenvalue weighted by atomic mass is 14.7. The maximum atomic E-state index is 6.48. The van der Waals surface area contributed by atoms with Gasteiger partial charge in [0.1, 0.15) is 0 Å². The molecule has 3 rings (SSSR count). The van der Waals surface area contributed by atoms with Crippen molar-refractivity contribution in [1.82, 2.24) is 4.98 Å². The minimum absolute atomic E-state index is 0.166. The number of pyridine rings is 1. The normalized spacial score (nSPS) is 25.4. The first-order chi connectivity index (χ1) is 9.24. The first kappa shape index (κ1) is 12.6. The van der Waals surface area contributed by atoms with Crippen molar-refractivity contribution in [1.29, 1.82) is 0 Å². The van der Waals surface area contributed by atoms with Crippen LogP contribution in [0.25, 0.3) is 10.9 Å². The number of nitrogens with two attached hydrogens (primary N) is 1. The van der Waals surface area contributed by atoms with E-state index in [0.29, 0.717) is 5.92 Å². The van der Waals surface area contributed by atoms with Crippen LogP contribution in [0.15, 0.2) is 36.5 Å². The number of nitrogens with zero attached hydrogens (tertiary/aromatic N) is 1. The monoisotopic (exact) mass is 254 g/mol. The summed E-state index contributed by atoms with van der Waals surface area (Å²) in [7, 11) is 0. The van der Waals surface area contributed by atoms with Crippen LogP contribution < -0.4 is 5.73 Å². The largest absolute Gasteiger partial charge is 0.324 e. The number of aromatic nitrogens is 1. The summed E-state index contributed by atoms with van der Waals surface area (Å²) in [5.74, 6) is 1.51. The Morgan fingerprint density at radius 2 is 1.95 bits per heavy atom. The van der Waals surface area contributed by atoms with Gasteiger partial charge < -0.3 is 5.73 Å². The Labute approximate surface area is 115 Å². The Morgan fingerprint density at radius 1 is 1.16 bits per heavy atom. The average Bonchev–Trinajstić information content (AvgIpc) is 2.47. The lowest BCUT2D eigenvalue weighted by Crippen LogP contribution is -2.25. The van der Waals surface area contributed by atoms with Crippen LogP contribution in [0.1, 0.15) is 44.2 Å². The van der Waals surface area contributed by atoms with Crippen molar-refractivity contribution in [2.45, 2.75) is 38.6 Å². The van der Waals surface area contributed by atoms with E-state index in [9.17, 15) is 0 Å². The Bertz CT molecular complexity index is 556. The van der Waals surface area contributed by atoms with Crippen molar-refractivity contribution >= 4 is 10.9 Å². The van der Waals surface area contributed by atoms with Gasteiger partial charge in [-0.05, 0) is 42.4 Å². The highest BCUT2D eigenvalue weighted by molar-refractivity contribution is 5.78. The van der Waals surface area contributed by atoms with Gasteiger partial charge >= 0.3 is 0 Å². The van der Waals surface area contributed by atoms with Crippen LogP contribution in [0.4, 0.5) is 0 Å². The van der Waals surface area contributed by atoms with Crippen molar-refractivity contribution in [2.75, 3.05) is 0 Å². The number of rotatable bonds is 2. The third-order valence-corrected chi connectivity index (χ3v) is 4.58. The van der Waals surface area contributed by atoms with Crippen LogP contribution >= 0.6 is 0 Å². The number of hydrogen-bond acceptors (Lipinski definition) is 2. The lowest BCUT2D eigenvalue weighted by atomic mass is 9.77. The minimum atomic E-state index is 0.166. The third-order valence-electron chi connectivity index (χ3n) is 4.58. The lowest BCUT2D eigenvalue weighted by Gasteiger charge is -2.30. The molecule has 0 amide bonds. The van der Waals surface area contributed by atoms with E-state index in [1.165, 1.54) is 36.6 Å². The number of fused-ring (bicyclic) bond motifs is 1. The molecule has 1 saturated carbocycles. The fourth-order valence-electron chi connectivity index (χ4n) is 3.21. The molecule has 1 aliphatic carbocycles. The minimum Gasteiger partial charge on any atom is -0.324 e. The first-order valence-corrected chi connectivity index (χ1v) is 7.34. The highest BCUT2D eigenvalue weighted by Crippen LogP contribution is 2.35. The SMILES string of the molecule is CC1CCC(C(N)c2ccc3cccnc3c2)CC1. The highest BCUT2D eigenvalue weighted by Gasteiger charge is 2.24. The molecule has 19 heavy (non-hydrogen) atoms. The smallest absolute Gasteiger partial charge is 0.0705 e. The Balaban J connectivity index is 1.83. The molecule has 2 aromatic rings. The molecule has 2 heteroatoms. The zero-order valence-corrected chi connectivity index (χ0v) is 11.5. The molecule has 2 nitrogen and oxygen atoms in total. The van der Waals surface area contributed by atoms with Gasteiger partial charge in [0.05, 0.1) is 5.52 Å². The van der Waals surface area contributed by atoms with Crippen molar-refractivity contribution in [3.05, 3.63) is 42.1 Å². The summed E-state index contributed by atoms with van der Waals surface area (Å²) in [5.41, 5.74) is 8.78. The van der Waals surface area contributed by atoms with E-state index >= 15 is 0 Å². The average molecular weight is 254 g/mol. The molecular formula is C17H22N2. The van der Waals surface area contributed by atoms with Crippen molar-refractivity contribution in [2.24, 2.45) is 17.6 Å². The molecular weight excluding hydrogens is 232 g/mol. The van der Waals surface area contributed by atoms with Crippen molar-refractivity contribution < 1.29 is 0 Å². The van der Waals surface area contributed by atoms with Crippen LogP contribution in [0, 0.1) is 11.8 Å². The molecule has 1 aromatic carbocycles. The molecule has 1 fully saturated rings. The van der Waals surface area contributed by atoms with E-state index in [1.807, 2.05) is 12.3 Å². The maximum Gasteiger partial charge on any atom is 0.0705 e. The molecule has 1 unspecified atom stereocenters. The molecule has 1 atom stereocenters. The standard InChI is InChI=1S/C17H22N2/c1-12-4-6-14(7-5-12)17(18)15-9-8-13-3-2-10-19-16(13)11-15/h2-3,8-12,14,17H,4-7,18H2,1H3. The van der Waals surface area contributed by atoms with Crippen molar-refractivity contribution in [3.63, 3.8) is 0 Å². The van der Waals surface area contributed by atoms with Gasteiger partial charge in [-0.3, -0.25) is 4.98 Å². The Morgan fingerprint density at radius 3 is 2.74 bits per heavy atom. The van der Waals surface area contributed by atoms with E-state index in [4.69, 9.17) is 5.73 Å². The van der Waals surface area contributed by atoms with Gasteiger partial charge in [0.15, 0.2) is 0 Å². The van der Waals surface area contributed by atoms with E-state index in [2.05, 4.69) is 36.2 Å². The predicted octanol–water partition coefficient (Wildman–Crippen LogP) is 4.06. The van der Waals surface area contributed by atoms with Crippen LogP contribution in [0.2, 0.25) is 0 Å². The zero-order valence-electron chi connectivity index (χ0n) is 11.5. The quantitative estimate of drug-likeness (QED) is 0.877. The second kappa shape index (κ2) is 5.30. The number of hydrogen-bond donors (Lipinski definition) is 1. The molecule has 0 bridgehead atoms. The summed E-state index contributed by atoms with van der Waals surface area (Å²) in [6.07, 6.45) is 7.03. The summed E-state index contributed by atoms with van der Waals surface area (Å²) in [6.45, 7) is 2.35. The summed E-state index contributed by atoms with van der Waals surface area (Å²) in [6, 6.07) is 10.7. The topological polar surface area (TPSA) is 38.9 Å². The molecule has 0 spiro atoms. The van der Waals surface area contributed by atoms with E-state index in [-0.39, 0.29) is 6.04 Å². The Hall–Kier alpha value is -1.41. The summed E-state index contributed by atoms with van der Waals surface area (Å²) < 4.78 is 0. The summed E-state index contributed by atoms with van der Waals surface area (Å²) in [4.78, 5) is 4.43. The third kappa shape index (κ3) is 2.64. The molecule has 0 aliphatic heterocycles. The molecule has 0 radical (unpaired) electrons. The number of benzene rings is 1. The van der Waals surface area contributed by atoms with E-state index in [0.717, 1.165) is 11.4 Å². The Kier molecular flexibility index (Phi) is 3.52. The van der Waals surface area contributed by atoms with Gasteiger partial charge in [0.2, 0.25) is 0 Å². The van der Waals surface area contributed by atoms with Gasteiger partial charge in [0, 0.05) is 17.6 Å². The second-order valence-corrected chi connectivity index (χ2v) is 6.00. The molecule has 100 valence electrons. The summed E-state index contributed by atoms with van der Waals surface area (Å²) in [5, 5.41) is 1.19. The maximum absolute atomic E-state index is 6.48. The molecule has 2 N–H and O–H groups in total. The fraction of sp³-hybridized carbons (Fsp3) is 0.471. The molecule has 1 aliphatic rings. The molecule has 0 saturated heterocycles. The van der Waals surface area contributed by atoms with E-state index < -0.39 is 0 Å². The molecule has 1 heterocycles. The van der Waals surface area contributed by atoms with Crippen LogP contribution in [-0.4, -0.2) is 4.98 Å². The van der Waals surface area contributed by atoms with Crippen molar-refractivity contribution in [3.8, 4) is 0 Å². The van der Waals surface area contributed by atoms with Gasteiger partial charge in [0.25, 0.3) is 0 Å². The van der Waals surface area contributed by atoms with Gasteiger partial charge in [-0.25, -0.2) is 0 Å². The lowest BCUT2D eigenvalue weighted by molar-refractivity contribution is 0.256. The van der Waals surface area contributed by atoms with Gasteiger partial charge in [-0.1, -0.05) is 38.0 Å². The first-order valence-electron chi connectivity index (χ1n) is 7.34. The zero-order chi connectivity index (χ0) is 13.2. The van der Waals surface area contributed by atoms with Crippen LogP contribution in [0.5, 0.6) is 0 Å². The van der Waals surface area contributed by atoms with Gasteiger partial charge in [-0.15, -0.1) is 0 Å². The predicted molar refractivity (Wildman–Crippen MR) is 79.8 cm³/mol. The second-order valence-electron chi connectivity index (χ2n) is 6.00. The van der Waals surface area contributed by atoms with E-state index in [1.54, 1.807) is 0 Å².